The maximum absolute atomic E-state index is 5.92. The van der Waals surface area contributed by atoms with Gasteiger partial charge in [-0.25, -0.2) is 0 Å². The average Bonchev–Trinajstić information content (AvgIpc) is 2.87. The third-order valence-corrected chi connectivity index (χ3v) is 4.34. The third-order valence-electron chi connectivity index (χ3n) is 4.17. The maximum atomic E-state index is 5.92. The van der Waals surface area contributed by atoms with Crippen LogP contribution in [-0.4, -0.2) is 26.7 Å². The zero-order valence-corrected chi connectivity index (χ0v) is 12.5. The van der Waals surface area contributed by atoms with Gasteiger partial charge >= 0.3 is 0 Å². The molecule has 6 heteroatoms. The lowest BCUT2D eigenvalue weighted by molar-refractivity contribution is 0.274. The van der Waals surface area contributed by atoms with Gasteiger partial charge in [0.2, 0.25) is 5.28 Å². The van der Waals surface area contributed by atoms with Crippen molar-refractivity contribution >= 4 is 28.5 Å². The molecule has 2 unspecified atom stereocenters. The molecule has 2 N–H and O–H groups in total. The van der Waals surface area contributed by atoms with Crippen molar-refractivity contribution in [3.8, 4) is 0 Å². The molecule has 1 fully saturated rings. The summed E-state index contributed by atoms with van der Waals surface area (Å²) in [6, 6.07) is 0. The zero-order valence-electron chi connectivity index (χ0n) is 11.7. The van der Waals surface area contributed by atoms with Gasteiger partial charge in [-0.3, -0.25) is 5.10 Å². The van der Waals surface area contributed by atoms with E-state index in [2.05, 4.69) is 32.4 Å². The van der Waals surface area contributed by atoms with Gasteiger partial charge in [-0.05, 0) is 36.3 Å². The van der Waals surface area contributed by atoms with E-state index in [1.807, 2.05) is 0 Å². The largest absolute Gasteiger partial charge is 0.369 e. The summed E-state index contributed by atoms with van der Waals surface area (Å²) in [7, 11) is 0. The highest BCUT2D eigenvalue weighted by Crippen LogP contribution is 2.30. The number of hydrogen-bond donors (Lipinski definition) is 2. The summed E-state index contributed by atoms with van der Waals surface area (Å²) in [5.74, 6) is 2.49. The maximum Gasteiger partial charge on any atom is 0.226 e. The molecular formula is C14H20ClN5. The summed E-state index contributed by atoms with van der Waals surface area (Å²) < 4.78 is 0. The monoisotopic (exact) mass is 293 g/mol. The predicted octanol–water partition coefficient (Wildman–Crippen LogP) is 3.63. The summed E-state index contributed by atoms with van der Waals surface area (Å²) in [5.41, 5.74) is 0.679. The van der Waals surface area contributed by atoms with E-state index in [4.69, 9.17) is 11.6 Å². The number of fused-ring (bicyclic) bond motifs is 1. The van der Waals surface area contributed by atoms with Gasteiger partial charge in [0, 0.05) is 6.54 Å². The Labute approximate surface area is 123 Å². The lowest BCUT2D eigenvalue weighted by Crippen LogP contribution is -2.17. The van der Waals surface area contributed by atoms with Gasteiger partial charge in [0.1, 0.15) is 5.82 Å². The second kappa shape index (κ2) is 5.95. The fourth-order valence-electron chi connectivity index (χ4n) is 3.16. The molecule has 0 saturated heterocycles. The Morgan fingerprint density at radius 2 is 2.30 bits per heavy atom. The van der Waals surface area contributed by atoms with E-state index in [9.17, 15) is 0 Å². The lowest BCUT2D eigenvalue weighted by Gasteiger charge is -2.26. The number of nitrogens with zero attached hydrogens (tertiary/aromatic N) is 3. The van der Waals surface area contributed by atoms with Crippen LogP contribution in [0.4, 0.5) is 5.82 Å². The fourth-order valence-corrected chi connectivity index (χ4v) is 3.33. The van der Waals surface area contributed by atoms with Crippen LogP contribution in [0.3, 0.4) is 0 Å². The van der Waals surface area contributed by atoms with Crippen molar-refractivity contribution in [2.45, 2.75) is 39.0 Å². The number of hydrogen-bond acceptors (Lipinski definition) is 4. The molecule has 1 aliphatic rings. The molecule has 3 rings (SSSR count). The van der Waals surface area contributed by atoms with Gasteiger partial charge in [-0.2, -0.15) is 15.1 Å². The number of rotatable bonds is 4. The number of nitrogens with one attached hydrogen (secondary N) is 2. The van der Waals surface area contributed by atoms with E-state index in [1.54, 1.807) is 6.20 Å². The first-order valence-electron chi connectivity index (χ1n) is 7.33. The Balaban J connectivity index is 1.61. The molecule has 0 aliphatic heterocycles. The first-order valence-corrected chi connectivity index (χ1v) is 7.70. The van der Waals surface area contributed by atoms with Crippen LogP contribution >= 0.6 is 11.6 Å². The molecule has 0 spiro atoms. The molecule has 5 nitrogen and oxygen atoms in total. The van der Waals surface area contributed by atoms with Crippen LogP contribution in [0.15, 0.2) is 6.20 Å². The van der Waals surface area contributed by atoms with Crippen LogP contribution < -0.4 is 5.32 Å². The summed E-state index contributed by atoms with van der Waals surface area (Å²) in [5, 5.41) is 11.3. The Hall–Kier alpha value is -1.36. The highest BCUT2D eigenvalue weighted by atomic mass is 35.5. The van der Waals surface area contributed by atoms with Gasteiger partial charge in [-0.15, -0.1) is 0 Å². The van der Waals surface area contributed by atoms with Crippen molar-refractivity contribution < 1.29 is 0 Å². The van der Waals surface area contributed by atoms with E-state index in [0.29, 0.717) is 5.65 Å². The van der Waals surface area contributed by atoms with E-state index in [0.717, 1.165) is 29.6 Å². The molecule has 2 atom stereocenters. The zero-order chi connectivity index (χ0) is 13.9. The Bertz CT molecular complexity index is 582. The molecule has 0 radical (unpaired) electrons. The number of H-pyrrole nitrogens is 1. The van der Waals surface area contributed by atoms with E-state index >= 15 is 0 Å². The topological polar surface area (TPSA) is 66.5 Å². The van der Waals surface area contributed by atoms with Crippen LogP contribution in [0, 0.1) is 11.8 Å². The summed E-state index contributed by atoms with van der Waals surface area (Å²) in [6.45, 7) is 3.28. The normalized spacial score (nSPS) is 23.1. The van der Waals surface area contributed by atoms with Crippen LogP contribution in [-0.2, 0) is 0 Å². The molecule has 1 aliphatic carbocycles. The minimum absolute atomic E-state index is 0.246. The van der Waals surface area contributed by atoms with Crippen LogP contribution in [0.2, 0.25) is 5.28 Å². The number of halogens is 1. The molecular weight excluding hydrogens is 274 g/mol. The summed E-state index contributed by atoms with van der Waals surface area (Å²) in [6.07, 6.45) is 8.39. The van der Waals surface area contributed by atoms with Gasteiger partial charge in [-0.1, -0.05) is 26.2 Å². The predicted molar refractivity (Wildman–Crippen MR) is 80.9 cm³/mol. The molecule has 0 aromatic carbocycles. The van der Waals surface area contributed by atoms with Gasteiger partial charge < -0.3 is 5.32 Å². The van der Waals surface area contributed by atoms with Crippen molar-refractivity contribution in [1.82, 2.24) is 20.2 Å². The Morgan fingerprint density at radius 3 is 3.15 bits per heavy atom. The van der Waals surface area contributed by atoms with Crippen LogP contribution in [0.25, 0.3) is 11.0 Å². The Morgan fingerprint density at radius 1 is 1.40 bits per heavy atom. The number of aromatic nitrogens is 4. The molecule has 2 aromatic heterocycles. The van der Waals surface area contributed by atoms with Crippen molar-refractivity contribution in [2.24, 2.45) is 11.8 Å². The SMILES string of the molecule is CC1CCCC(CCNc2nc(Cl)nc3[nH]ncc23)C1. The fraction of sp³-hybridized carbons (Fsp3) is 0.643. The van der Waals surface area contributed by atoms with Gasteiger partial charge in [0.05, 0.1) is 11.6 Å². The smallest absolute Gasteiger partial charge is 0.226 e. The van der Waals surface area contributed by atoms with E-state index < -0.39 is 0 Å². The quantitative estimate of drug-likeness (QED) is 0.845. The van der Waals surface area contributed by atoms with E-state index in [-0.39, 0.29) is 5.28 Å². The first kappa shape index (κ1) is 13.6. The standard InChI is InChI=1S/C14H20ClN5/c1-9-3-2-4-10(7-9)5-6-16-12-11-8-17-20-13(11)19-14(15)18-12/h8-10H,2-7H2,1H3,(H2,16,17,18,19,20). The molecule has 20 heavy (non-hydrogen) atoms. The lowest BCUT2D eigenvalue weighted by atomic mass is 9.81. The summed E-state index contributed by atoms with van der Waals surface area (Å²) in [4.78, 5) is 8.35. The molecule has 108 valence electrons. The van der Waals surface area contributed by atoms with Crippen molar-refractivity contribution in [3.63, 3.8) is 0 Å². The second-order valence-corrected chi connectivity index (χ2v) is 6.16. The van der Waals surface area contributed by atoms with Crippen molar-refractivity contribution in [3.05, 3.63) is 11.5 Å². The van der Waals surface area contributed by atoms with Crippen LogP contribution in [0.1, 0.15) is 39.0 Å². The number of anilines is 1. The second-order valence-electron chi connectivity index (χ2n) is 5.83. The summed E-state index contributed by atoms with van der Waals surface area (Å²) >= 11 is 5.92. The highest BCUT2D eigenvalue weighted by Gasteiger charge is 2.18. The minimum atomic E-state index is 0.246. The van der Waals surface area contributed by atoms with Gasteiger partial charge in [0.25, 0.3) is 0 Å². The highest BCUT2D eigenvalue weighted by molar-refractivity contribution is 6.28. The minimum Gasteiger partial charge on any atom is -0.369 e. The average molecular weight is 294 g/mol. The molecule has 2 heterocycles. The number of aromatic amines is 1. The molecule has 0 bridgehead atoms. The molecule has 0 amide bonds. The molecule has 2 aromatic rings. The van der Waals surface area contributed by atoms with Gasteiger partial charge in [0.15, 0.2) is 5.65 Å². The van der Waals surface area contributed by atoms with E-state index in [1.165, 1.54) is 32.1 Å². The van der Waals surface area contributed by atoms with Crippen LogP contribution in [0.5, 0.6) is 0 Å². The third kappa shape index (κ3) is 3.03. The Kier molecular flexibility index (Phi) is 4.05. The first-order chi connectivity index (χ1) is 9.72. The molecule has 1 saturated carbocycles. The van der Waals surface area contributed by atoms with Crippen molar-refractivity contribution in [2.75, 3.05) is 11.9 Å². The van der Waals surface area contributed by atoms with Crippen molar-refractivity contribution in [1.29, 1.82) is 0 Å².